The van der Waals surface area contributed by atoms with Crippen molar-refractivity contribution in [2.45, 2.75) is 59.3 Å². The van der Waals surface area contributed by atoms with Crippen molar-refractivity contribution in [1.29, 1.82) is 0 Å². The molecule has 0 aliphatic rings. The molecule has 166 valence electrons. The molecule has 2 aromatic heterocycles. The largest absolute Gasteiger partial charge is 0.485 e. The average Bonchev–Trinajstić information content (AvgIpc) is 2.86. The van der Waals surface area contributed by atoms with E-state index >= 15 is 0 Å². The summed E-state index contributed by atoms with van der Waals surface area (Å²) in [5.41, 5.74) is -1.60. The van der Waals surface area contributed by atoms with E-state index in [2.05, 4.69) is 25.9 Å². The first kappa shape index (κ1) is 24.6. The number of nitrogens with zero attached hydrogens (tertiary/aromatic N) is 3. The predicted molar refractivity (Wildman–Crippen MR) is 117 cm³/mol. The van der Waals surface area contributed by atoms with Crippen LogP contribution >= 0.6 is 39.1 Å². The second-order valence-corrected chi connectivity index (χ2v) is 9.81. The van der Waals surface area contributed by atoms with Gasteiger partial charge in [-0.05, 0) is 57.5 Å². The molecule has 0 aromatic carbocycles. The Bertz CT molecular complexity index is 936. The van der Waals surface area contributed by atoms with Crippen LogP contribution in [0.15, 0.2) is 10.9 Å². The fourth-order valence-electron chi connectivity index (χ4n) is 2.33. The molecule has 0 bridgehead atoms. The number of imidazole rings is 1. The molecule has 0 saturated heterocycles. The molecule has 0 spiro atoms. The van der Waals surface area contributed by atoms with Crippen LogP contribution in [0.4, 0.5) is 0 Å². The van der Waals surface area contributed by atoms with Crippen LogP contribution in [0.25, 0.3) is 0 Å². The molecule has 0 fully saturated rings. The second kappa shape index (κ2) is 9.20. The third-order valence-corrected chi connectivity index (χ3v) is 4.68. The summed E-state index contributed by atoms with van der Waals surface area (Å²) < 4.78 is 19.5. The van der Waals surface area contributed by atoms with Crippen LogP contribution in [0, 0.1) is 0 Å². The van der Waals surface area contributed by atoms with E-state index in [4.69, 9.17) is 37.4 Å². The number of hydrogen-bond donors (Lipinski definition) is 1. The minimum absolute atomic E-state index is 0.0193. The van der Waals surface area contributed by atoms with Gasteiger partial charge in [0, 0.05) is 0 Å². The van der Waals surface area contributed by atoms with Crippen molar-refractivity contribution >= 4 is 45.1 Å². The van der Waals surface area contributed by atoms with E-state index in [1.807, 2.05) is 0 Å². The summed E-state index contributed by atoms with van der Waals surface area (Å²) >= 11 is 15.3. The Morgan fingerprint density at radius 1 is 1.13 bits per heavy atom. The molecule has 0 aliphatic carbocycles. The Labute approximate surface area is 193 Å². The summed E-state index contributed by atoms with van der Waals surface area (Å²) in [5, 5.41) is 10.4. The molecule has 0 unspecified atom stereocenters. The summed E-state index contributed by atoms with van der Waals surface area (Å²) in [4.78, 5) is 20.3. The Hall–Kier alpha value is -1.71. The number of pyridine rings is 1. The zero-order valence-electron chi connectivity index (χ0n) is 17.5. The van der Waals surface area contributed by atoms with Crippen LogP contribution in [-0.4, -0.2) is 43.4 Å². The van der Waals surface area contributed by atoms with Gasteiger partial charge in [-0.15, -0.1) is 0 Å². The van der Waals surface area contributed by atoms with Crippen molar-refractivity contribution in [2.24, 2.45) is 0 Å². The SMILES string of the molecule is CC(C)(C)Oc1nc(Br)c(OCCn2cnc(Cl)c2Cl)c(OC(C)(C)C)c1C(=O)O. The molecule has 11 heteroatoms. The first-order valence-electron chi connectivity index (χ1n) is 9.03. The van der Waals surface area contributed by atoms with Crippen LogP contribution in [0.1, 0.15) is 51.9 Å². The first-order chi connectivity index (χ1) is 13.7. The lowest BCUT2D eigenvalue weighted by molar-refractivity contribution is 0.0650. The molecular formula is C19H24BrCl2N3O5. The van der Waals surface area contributed by atoms with Gasteiger partial charge >= 0.3 is 5.97 Å². The van der Waals surface area contributed by atoms with Gasteiger partial charge in [0.05, 0.1) is 12.9 Å². The second-order valence-electron chi connectivity index (χ2n) is 8.34. The maximum Gasteiger partial charge on any atom is 0.345 e. The lowest BCUT2D eigenvalue weighted by Gasteiger charge is -2.27. The van der Waals surface area contributed by atoms with Gasteiger partial charge in [0.1, 0.15) is 23.0 Å². The number of carboxylic acid groups (broad SMARTS) is 1. The minimum atomic E-state index is -1.25. The molecule has 0 amide bonds. The zero-order valence-corrected chi connectivity index (χ0v) is 20.6. The molecule has 8 nitrogen and oxygen atoms in total. The highest BCUT2D eigenvalue weighted by Gasteiger charge is 2.32. The fourth-order valence-corrected chi connectivity index (χ4v) is 3.11. The van der Waals surface area contributed by atoms with Crippen LogP contribution < -0.4 is 14.2 Å². The summed E-state index contributed by atoms with van der Waals surface area (Å²) in [6, 6.07) is 0. The monoisotopic (exact) mass is 523 g/mol. The maximum atomic E-state index is 12.1. The summed E-state index contributed by atoms with van der Waals surface area (Å²) in [7, 11) is 0. The van der Waals surface area contributed by atoms with E-state index < -0.39 is 17.2 Å². The molecule has 2 rings (SSSR count). The number of aromatic nitrogens is 3. The molecule has 0 radical (unpaired) electrons. The highest BCUT2D eigenvalue weighted by atomic mass is 79.9. The highest BCUT2D eigenvalue weighted by Crippen LogP contribution is 2.44. The summed E-state index contributed by atoms with van der Waals surface area (Å²) in [6.45, 7) is 11.2. The summed E-state index contributed by atoms with van der Waals surface area (Å²) in [6.07, 6.45) is 1.48. The lowest BCUT2D eigenvalue weighted by Crippen LogP contribution is -2.28. The van der Waals surface area contributed by atoms with Crippen molar-refractivity contribution in [3.8, 4) is 17.4 Å². The molecule has 0 aliphatic heterocycles. The van der Waals surface area contributed by atoms with Gasteiger partial charge in [-0.2, -0.15) is 0 Å². The van der Waals surface area contributed by atoms with Crippen LogP contribution in [0.2, 0.25) is 10.3 Å². The van der Waals surface area contributed by atoms with E-state index in [0.29, 0.717) is 6.54 Å². The predicted octanol–water partition coefficient (Wildman–Crippen LogP) is 5.48. The number of rotatable bonds is 7. The number of halogens is 3. The van der Waals surface area contributed by atoms with E-state index in [1.54, 1.807) is 46.1 Å². The molecule has 1 N–H and O–H groups in total. The number of carboxylic acids is 1. The van der Waals surface area contributed by atoms with Crippen molar-refractivity contribution in [2.75, 3.05) is 6.61 Å². The quantitative estimate of drug-likeness (QED) is 0.479. The third-order valence-electron chi connectivity index (χ3n) is 3.37. The van der Waals surface area contributed by atoms with E-state index in [-0.39, 0.29) is 44.5 Å². The van der Waals surface area contributed by atoms with Crippen molar-refractivity contribution in [3.63, 3.8) is 0 Å². The Balaban J connectivity index is 2.47. The van der Waals surface area contributed by atoms with Gasteiger partial charge in [-0.3, -0.25) is 0 Å². The van der Waals surface area contributed by atoms with Gasteiger partial charge in [-0.1, -0.05) is 23.2 Å². The van der Waals surface area contributed by atoms with Gasteiger partial charge < -0.3 is 23.9 Å². The average molecular weight is 525 g/mol. The van der Waals surface area contributed by atoms with E-state index in [9.17, 15) is 9.90 Å². The van der Waals surface area contributed by atoms with E-state index in [1.165, 1.54) is 6.33 Å². The normalized spacial score (nSPS) is 12.0. The Morgan fingerprint density at radius 3 is 2.20 bits per heavy atom. The smallest absolute Gasteiger partial charge is 0.345 e. The molecule has 2 aromatic rings. The third kappa shape index (κ3) is 6.39. The molecule has 2 heterocycles. The van der Waals surface area contributed by atoms with E-state index in [0.717, 1.165) is 0 Å². The minimum Gasteiger partial charge on any atom is -0.485 e. The molecular weight excluding hydrogens is 501 g/mol. The zero-order chi connectivity index (χ0) is 22.9. The van der Waals surface area contributed by atoms with Crippen molar-refractivity contribution in [3.05, 3.63) is 26.8 Å². The van der Waals surface area contributed by atoms with Crippen LogP contribution in [-0.2, 0) is 6.54 Å². The Kier molecular flexibility index (Phi) is 7.53. The van der Waals surface area contributed by atoms with Gasteiger partial charge in [0.2, 0.25) is 5.88 Å². The summed E-state index contributed by atoms with van der Waals surface area (Å²) in [5.74, 6) is -1.16. The standard InChI is InChI=1S/C19H24BrCl2N3O5/c1-18(2,3)29-11-10(17(26)27)16(30-19(4,5)6)24-13(20)12(11)28-8-7-25-9-23-14(21)15(25)22/h9H,7-8H2,1-6H3,(H,26,27). The van der Waals surface area contributed by atoms with Crippen molar-refractivity contribution < 1.29 is 24.1 Å². The lowest BCUT2D eigenvalue weighted by atomic mass is 10.1. The fraction of sp³-hybridized carbons (Fsp3) is 0.526. The highest BCUT2D eigenvalue weighted by molar-refractivity contribution is 9.10. The van der Waals surface area contributed by atoms with Crippen molar-refractivity contribution in [1.82, 2.24) is 14.5 Å². The number of ether oxygens (including phenoxy) is 3. The Morgan fingerprint density at radius 2 is 1.73 bits per heavy atom. The number of aromatic carboxylic acids is 1. The van der Waals surface area contributed by atoms with Crippen LogP contribution in [0.3, 0.4) is 0 Å². The van der Waals surface area contributed by atoms with Crippen LogP contribution in [0.5, 0.6) is 17.4 Å². The topological polar surface area (TPSA) is 95.7 Å². The first-order valence-corrected chi connectivity index (χ1v) is 10.6. The van der Waals surface area contributed by atoms with Gasteiger partial charge in [0.15, 0.2) is 26.8 Å². The number of hydrogen-bond acceptors (Lipinski definition) is 6. The molecule has 30 heavy (non-hydrogen) atoms. The molecule has 0 saturated carbocycles. The van der Waals surface area contributed by atoms with Gasteiger partial charge in [0.25, 0.3) is 0 Å². The molecule has 0 atom stereocenters. The number of carbonyl (C=O) groups is 1. The van der Waals surface area contributed by atoms with Gasteiger partial charge in [-0.25, -0.2) is 14.8 Å². The maximum absolute atomic E-state index is 12.1.